The predicted molar refractivity (Wildman–Crippen MR) is 102 cm³/mol. The van der Waals surface area contributed by atoms with E-state index in [4.69, 9.17) is 9.47 Å². The number of hydrogen-bond acceptors (Lipinski definition) is 4. The molecule has 1 unspecified atom stereocenters. The van der Waals surface area contributed by atoms with Gasteiger partial charge in [0.15, 0.2) is 0 Å². The molecule has 1 heterocycles. The molecule has 1 atom stereocenters. The van der Waals surface area contributed by atoms with Crippen LogP contribution in [0.2, 0.25) is 0 Å². The summed E-state index contributed by atoms with van der Waals surface area (Å²) in [6.45, 7) is 6.30. The average molecular weight is 340 g/mol. The Labute approximate surface area is 150 Å². The van der Waals surface area contributed by atoms with Crippen molar-refractivity contribution in [1.29, 1.82) is 0 Å². The van der Waals surface area contributed by atoms with Gasteiger partial charge in [0.05, 0.1) is 20.3 Å². The monoisotopic (exact) mass is 340 g/mol. The normalized spacial score (nSPS) is 16.9. The van der Waals surface area contributed by atoms with Crippen LogP contribution in [0.15, 0.2) is 42.5 Å². The molecule has 0 bridgehead atoms. The Morgan fingerprint density at radius 3 is 2.64 bits per heavy atom. The molecule has 1 fully saturated rings. The van der Waals surface area contributed by atoms with Crippen LogP contribution in [0, 0.1) is 6.92 Å². The lowest BCUT2D eigenvalue weighted by atomic mass is 9.94. The van der Waals surface area contributed by atoms with E-state index < -0.39 is 0 Å². The maximum atomic E-state index is 5.70. The van der Waals surface area contributed by atoms with E-state index in [-0.39, 0.29) is 6.04 Å². The zero-order valence-corrected chi connectivity index (χ0v) is 15.4. The van der Waals surface area contributed by atoms with Crippen molar-refractivity contribution >= 4 is 0 Å². The molecule has 2 aromatic rings. The van der Waals surface area contributed by atoms with Gasteiger partial charge in [-0.2, -0.15) is 0 Å². The number of rotatable bonds is 5. The third-order valence-corrected chi connectivity index (χ3v) is 4.83. The van der Waals surface area contributed by atoms with Crippen molar-refractivity contribution < 1.29 is 9.47 Å². The third kappa shape index (κ3) is 4.14. The summed E-state index contributed by atoms with van der Waals surface area (Å²) in [5.41, 5.74) is 3.74. The highest BCUT2D eigenvalue weighted by Crippen LogP contribution is 2.37. The summed E-state index contributed by atoms with van der Waals surface area (Å²) >= 11 is 0. The predicted octanol–water partition coefficient (Wildman–Crippen LogP) is 3.40. The molecule has 3 rings (SSSR count). The number of ether oxygens (including phenoxy) is 2. The Morgan fingerprint density at radius 1 is 1.00 bits per heavy atom. The van der Waals surface area contributed by atoms with E-state index in [9.17, 15) is 0 Å². The van der Waals surface area contributed by atoms with Gasteiger partial charge >= 0.3 is 0 Å². The van der Waals surface area contributed by atoms with Crippen LogP contribution in [0.1, 0.15) is 29.2 Å². The minimum absolute atomic E-state index is 0.157. The van der Waals surface area contributed by atoms with E-state index >= 15 is 0 Å². The molecule has 4 nitrogen and oxygen atoms in total. The lowest BCUT2D eigenvalue weighted by molar-refractivity contribution is 0.235. The highest BCUT2D eigenvalue weighted by atomic mass is 16.5. The molecule has 0 radical (unpaired) electrons. The minimum Gasteiger partial charge on any atom is -0.497 e. The van der Waals surface area contributed by atoms with Crippen LogP contribution in [0.5, 0.6) is 11.5 Å². The van der Waals surface area contributed by atoms with E-state index in [0.29, 0.717) is 0 Å². The Bertz CT molecular complexity index is 694. The number of benzene rings is 2. The van der Waals surface area contributed by atoms with E-state index in [0.717, 1.165) is 49.7 Å². The van der Waals surface area contributed by atoms with Gasteiger partial charge in [-0.15, -0.1) is 0 Å². The molecule has 2 aromatic carbocycles. The summed E-state index contributed by atoms with van der Waals surface area (Å²) in [6.07, 6.45) is 1.15. The first-order valence-corrected chi connectivity index (χ1v) is 8.96. The molecule has 1 aliphatic heterocycles. The summed E-state index contributed by atoms with van der Waals surface area (Å²) in [5.74, 6) is 1.77. The Morgan fingerprint density at radius 2 is 1.88 bits per heavy atom. The van der Waals surface area contributed by atoms with Crippen LogP contribution < -0.4 is 14.8 Å². The fourth-order valence-corrected chi connectivity index (χ4v) is 3.61. The van der Waals surface area contributed by atoms with E-state index in [1.165, 1.54) is 11.1 Å². The summed E-state index contributed by atoms with van der Waals surface area (Å²) in [4.78, 5) is 2.55. The Kier molecular flexibility index (Phi) is 5.95. The fraction of sp³-hybridized carbons (Fsp3) is 0.429. The SMILES string of the molecule is COc1ccc(OC)c(C(c2cccc(C)c2)N2CCCNCC2)c1. The number of nitrogens with one attached hydrogen (secondary N) is 1. The largest absolute Gasteiger partial charge is 0.497 e. The first-order valence-electron chi connectivity index (χ1n) is 8.96. The zero-order valence-electron chi connectivity index (χ0n) is 15.4. The highest BCUT2D eigenvalue weighted by molar-refractivity contribution is 5.46. The Balaban J connectivity index is 2.10. The van der Waals surface area contributed by atoms with Crippen molar-refractivity contribution in [3.63, 3.8) is 0 Å². The number of hydrogen-bond donors (Lipinski definition) is 1. The first kappa shape index (κ1) is 17.8. The standard InChI is InChI=1S/C21H28N2O2/c1-16-6-4-7-17(14-16)21(23-12-5-10-22-11-13-23)19-15-18(24-2)8-9-20(19)25-3/h4,6-9,14-15,21-22H,5,10-13H2,1-3H3. The van der Waals surface area contributed by atoms with Crippen molar-refractivity contribution in [2.75, 3.05) is 40.4 Å². The summed E-state index contributed by atoms with van der Waals surface area (Å²) in [5, 5.41) is 3.50. The first-order chi connectivity index (χ1) is 12.2. The number of methoxy groups -OCH3 is 2. The molecule has 0 amide bonds. The molecule has 0 saturated carbocycles. The maximum Gasteiger partial charge on any atom is 0.124 e. The number of nitrogens with zero attached hydrogens (tertiary/aromatic N) is 1. The van der Waals surface area contributed by atoms with Crippen LogP contribution in [0.4, 0.5) is 0 Å². The van der Waals surface area contributed by atoms with Gasteiger partial charge in [0.1, 0.15) is 11.5 Å². The molecule has 1 aliphatic rings. The van der Waals surface area contributed by atoms with Gasteiger partial charge in [-0.25, -0.2) is 0 Å². The van der Waals surface area contributed by atoms with Gasteiger partial charge in [-0.05, 0) is 43.7 Å². The highest BCUT2D eigenvalue weighted by Gasteiger charge is 2.26. The van der Waals surface area contributed by atoms with Crippen LogP contribution in [0.25, 0.3) is 0 Å². The quantitative estimate of drug-likeness (QED) is 0.904. The second-order valence-electron chi connectivity index (χ2n) is 6.56. The zero-order chi connectivity index (χ0) is 17.6. The van der Waals surface area contributed by atoms with Crippen LogP contribution >= 0.6 is 0 Å². The summed E-state index contributed by atoms with van der Waals surface area (Å²) in [6, 6.07) is 15.0. The number of aryl methyl sites for hydroxylation is 1. The van der Waals surface area contributed by atoms with E-state index in [1.54, 1.807) is 14.2 Å². The van der Waals surface area contributed by atoms with Gasteiger partial charge in [-0.3, -0.25) is 4.90 Å². The maximum absolute atomic E-state index is 5.70. The van der Waals surface area contributed by atoms with Crippen LogP contribution in [-0.4, -0.2) is 45.3 Å². The van der Waals surface area contributed by atoms with Crippen molar-refractivity contribution in [1.82, 2.24) is 10.2 Å². The van der Waals surface area contributed by atoms with Gasteiger partial charge < -0.3 is 14.8 Å². The summed E-state index contributed by atoms with van der Waals surface area (Å²) in [7, 11) is 3.45. The molecular formula is C21H28N2O2. The minimum atomic E-state index is 0.157. The lowest BCUT2D eigenvalue weighted by Gasteiger charge is -2.32. The Hall–Kier alpha value is -2.04. The van der Waals surface area contributed by atoms with Crippen molar-refractivity contribution in [2.24, 2.45) is 0 Å². The van der Waals surface area contributed by atoms with Gasteiger partial charge in [-0.1, -0.05) is 29.8 Å². The van der Waals surface area contributed by atoms with Gasteiger partial charge in [0.25, 0.3) is 0 Å². The van der Waals surface area contributed by atoms with E-state index in [1.807, 2.05) is 12.1 Å². The molecule has 25 heavy (non-hydrogen) atoms. The third-order valence-electron chi connectivity index (χ3n) is 4.83. The van der Waals surface area contributed by atoms with Gasteiger partial charge in [0.2, 0.25) is 0 Å². The molecule has 4 heteroatoms. The van der Waals surface area contributed by atoms with Crippen molar-refractivity contribution in [2.45, 2.75) is 19.4 Å². The second-order valence-corrected chi connectivity index (χ2v) is 6.56. The van der Waals surface area contributed by atoms with Gasteiger partial charge in [0, 0.05) is 25.2 Å². The molecule has 1 N–H and O–H groups in total. The molecule has 134 valence electrons. The average Bonchev–Trinajstić information content (AvgIpc) is 2.91. The van der Waals surface area contributed by atoms with Crippen molar-refractivity contribution in [3.05, 3.63) is 59.2 Å². The molecule has 0 spiro atoms. The topological polar surface area (TPSA) is 33.7 Å². The molecule has 0 aromatic heterocycles. The second kappa shape index (κ2) is 8.37. The van der Waals surface area contributed by atoms with Crippen LogP contribution in [-0.2, 0) is 0 Å². The lowest BCUT2D eigenvalue weighted by Crippen LogP contribution is -2.33. The molecular weight excluding hydrogens is 312 g/mol. The van der Waals surface area contributed by atoms with E-state index in [2.05, 4.69) is 47.5 Å². The fourth-order valence-electron chi connectivity index (χ4n) is 3.61. The van der Waals surface area contributed by atoms with Crippen LogP contribution in [0.3, 0.4) is 0 Å². The summed E-state index contributed by atoms with van der Waals surface area (Å²) < 4.78 is 11.2. The smallest absolute Gasteiger partial charge is 0.124 e. The molecule has 0 aliphatic carbocycles. The van der Waals surface area contributed by atoms with Crippen molar-refractivity contribution in [3.8, 4) is 11.5 Å². The molecule has 1 saturated heterocycles.